The number of halogens is 2. The van der Waals surface area contributed by atoms with Crippen molar-refractivity contribution in [2.24, 2.45) is 10.9 Å². The van der Waals surface area contributed by atoms with Crippen LogP contribution in [-0.4, -0.2) is 83.2 Å². The third kappa shape index (κ3) is 9.46. The van der Waals surface area contributed by atoms with E-state index in [1.807, 2.05) is 6.07 Å². The van der Waals surface area contributed by atoms with Crippen LogP contribution in [0.15, 0.2) is 29.3 Å². The van der Waals surface area contributed by atoms with E-state index in [9.17, 15) is 4.39 Å². The third-order valence-electron chi connectivity index (χ3n) is 5.62. The maximum atomic E-state index is 13.9. The molecule has 0 radical (unpaired) electrons. The van der Waals surface area contributed by atoms with Gasteiger partial charge in [0.05, 0.1) is 39.0 Å². The molecule has 3 rings (SSSR count). The summed E-state index contributed by atoms with van der Waals surface area (Å²) < 4.78 is 30.5. The molecule has 0 amide bonds. The van der Waals surface area contributed by atoms with E-state index in [0.717, 1.165) is 77.0 Å². The Labute approximate surface area is 208 Å². The summed E-state index contributed by atoms with van der Waals surface area (Å²) in [6.07, 6.45) is 2.01. The summed E-state index contributed by atoms with van der Waals surface area (Å²) in [5, 5.41) is 6.69. The quantitative estimate of drug-likeness (QED) is 0.187. The Hall–Kier alpha value is -1.01. The van der Waals surface area contributed by atoms with Gasteiger partial charge in [-0.25, -0.2) is 4.39 Å². The first-order chi connectivity index (χ1) is 15.3. The van der Waals surface area contributed by atoms with E-state index in [1.165, 1.54) is 6.07 Å². The van der Waals surface area contributed by atoms with Crippen LogP contribution < -0.4 is 10.6 Å². The van der Waals surface area contributed by atoms with Crippen molar-refractivity contribution in [2.45, 2.75) is 25.8 Å². The Morgan fingerprint density at radius 3 is 2.81 bits per heavy atom. The highest BCUT2D eigenvalue weighted by atomic mass is 127. The lowest BCUT2D eigenvalue weighted by molar-refractivity contribution is 0.0179. The van der Waals surface area contributed by atoms with E-state index in [2.05, 4.69) is 22.5 Å². The topological polar surface area (TPSA) is 67.4 Å². The van der Waals surface area contributed by atoms with Crippen LogP contribution >= 0.6 is 24.0 Å². The highest BCUT2D eigenvalue weighted by Gasteiger charge is 2.23. The van der Waals surface area contributed by atoms with Crippen LogP contribution in [0.2, 0.25) is 0 Å². The first kappa shape index (κ1) is 27.2. The van der Waals surface area contributed by atoms with Crippen molar-refractivity contribution in [1.82, 2.24) is 15.5 Å². The molecule has 1 aromatic carbocycles. The van der Waals surface area contributed by atoms with E-state index in [1.54, 1.807) is 12.1 Å². The van der Waals surface area contributed by atoms with E-state index in [0.29, 0.717) is 25.7 Å². The molecule has 0 aliphatic carbocycles. The fraction of sp³-hybridized carbons (Fsp3) is 0.696. The first-order valence-electron chi connectivity index (χ1n) is 11.5. The third-order valence-corrected chi connectivity index (χ3v) is 5.62. The van der Waals surface area contributed by atoms with Gasteiger partial charge in [0.15, 0.2) is 5.96 Å². The number of benzene rings is 1. The van der Waals surface area contributed by atoms with Gasteiger partial charge in [0.1, 0.15) is 5.82 Å². The Morgan fingerprint density at radius 1 is 1.25 bits per heavy atom. The van der Waals surface area contributed by atoms with Crippen LogP contribution in [0.3, 0.4) is 0 Å². The SMILES string of the molecule is CCNC(=NCC(c1cccc(F)c1)N1CCOCC1)NCCCOCC1CCOC1.I. The summed E-state index contributed by atoms with van der Waals surface area (Å²) in [5.41, 5.74) is 0.950. The zero-order valence-electron chi connectivity index (χ0n) is 19.1. The molecular formula is C23H38FIN4O3. The molecule has 0 bridgehead atoms. The Balaban J connectivity index is 0.00000363. The average molecular weight is 564 g/mol. The van der Waals surface area contributed by atoms with Gasteiger partial charge in [-0.2, -0.15) is 0 Å². The molecule has 182 valence electrons. The molecular weight excluding hydrogens is 526 g/mol. The maximum absolute atomic E-state index is 13.9. The predicted molar refractivity (Wildman–Crippen MR) is 135 cm³/mol. The molecule has 2 aliphatic heterocycles. The molecule has 0 saturated carbocycles. The largest absolute Gasteiger partial charge is 0.381 e. The van der Waals surface area contributed by atoms with Crippen molar-refractivity contribution in [3.63, 3.8) is 0 Å². The van der Waals surface area contributed by atoms with E-state index < -0.39 is 0 Å². The van der Waals surface area contributed by atoms with Crippen molar-refractivity contribution in [3.05, 3.63) is 35.6 Å². The molecule has 2 heterocycles. The monoisotopic (exact) mass is 564 g/mol. The minimum Gasteiger partial charge on any atom is -0.381 e. The molecule has 2 aliphatic rings. The van der Waals surface area contributed by atoms with Crippen LogP contribution in [0.1, 0.15) is 31.4 Å². The van der Waals surface area contributed by atoms with Gasteiger partial charge in [0.2, 0.25) is 0 Å². The molecule has 2 atom stereocenters. The zero-order valence-corrected chi connectivity index (χ0v) is 21.4. The lowest BCUT2D eigenvalue weighted by atomic mass is 10.0. The summed E-state index contributed by atoms with van der Waals surface area (Å²) in [5.74, 6) is 1.11. The molecule has 7 nitrogen and oxygen atoms in total. The number of hydrogen-bond acceptors (Lipinski definition) is 5. The predicted octanol–water partition coefficient (Wildman–Crippen LogP) is 2.82. The number of aliphatic imine (C=N–C) groups is 1. The number of nitrogens with one attached hydrogen (secondary N) is 2. The summed E-state index contributed by atoms with van der Waals surface area (Å²) in [7, 11) is 0. The van der Waals surface area contributed by atoms with E-state index >= 15 is 0 Å². The molecule has 0 aromatic heterocycles. The fourth-order valence-electron chi connectivity index (χ4n) is 3.90. The second kappa shape index (κ2) is 15.8. The van der Waals surface area contributed by atoms with Crippen LogP contribution in [0.25, 0.3) is 0 Å². The normalized spacial score (nSPS) is 20.6. The minimum absolute atomic E-state index is 0. The minimum atomic E-state index is -0.214. The number of guanidine groups is 1. The smallest absolute Gasteiger partial charge is 0.191 e. The van der Waals surface area contributed by atoms with Crippen molar-refractivity contribution < 1.29 is 18.6 Å². The van der Waals surface area contributed by atoms with Gasteiger partial charge >= 0.3 is 0 Å². The fourth-order valence-corrected chi connectivity index (χ4v) is 3.90. The lowest BCUT2D eigenvalue weighted by Gasteiger charge is -2.34. The molecule has 2 fully saturated rings. The number of morpholine rings is 1. The Kier molecular flexibility index (Phi) is 13.4. The molecule has 0 spiro atoms. The van der Waals surface area contributed by atoms with Crippen LogP contribution in [0, 0.1) is 11.7 Å². The Bertz CT molecular complexity index is 670. The summed E-state index contributed by atoms with van der Waals surface area (Å²) in [6.45, 7) is 10.4. The highest BCUT2D eigenvalue weighted by molar-refractivity contribution is 14.0. The van der Waals surface area contributed by atoms with Crippen molar-refractivity contribution in [3.8, 4) is 0 Å². The zero-order chi connectivity index (χ0) is 21.7. The molecule has 9 heteroatoms. The highest BCUT2D eigenvalue weighted by Crippen LogP contribution is 2.23. The van der Waals surface area contributed by atoms with Crippen molar-refractivity contribution in [1.29, 1.82) is 0 Å². The van der Waals surface area contributed by atoms with Gasteiger partial charge in [-0.15, -0.1) is 24.0 Å². The van der Waals surface area contributed by atoms with E-state index in [-0.39, 0.29) is 35.8 Å². The number of hydrogen-bond donors (Lipinski definition) is 2. The van der Waals surface area contributed by atoms with Gasteiger partial charge in [0.25, 0.3) is 0 Å². The van der Waals surface area contributed by atoms with Gasteiger partial charge in [-0.05, 0) is 37.5 Å². The van der Waals surface area contributed by atoms with E-state index in [4.69, 9.17) is 19.2 Å². The molecule has 2 unspecified atom stereocenters. The Morgan fingerprint density at radius 2 is 2.09 bits per heavy atom. The molecule has 2 saturated heterocycles. The molecule has 1 aromatic rings. The molecule has 2 N–H and O–H groups in total. The van der Waals surface area contributed by atoms with Crippen LogP contribution in [0.4, 0.5) is 4.39 Å². The summed E-state index contributed by atoms with van der Waals surface area (Å²) >= 11 is 0. The molecule has 32 heavy (non-hydrogen) atoms. The summed E-state index contributed by atoms with van der Waals surface area (Å²) in [4.78, 5) is 7.13. The van der Waals surface area contributed by atoms with Gasteiger partial charge in [-0.3, -0.25) is 9.89 Å². The number of rotatable bonds is 11. The van der Waals surface area contributed by atoms with Crippen LogP contribution in [-0.2, 0) is 14.2 Å². The van der Waals surface area contributed by atoms with Crippen molar-refractivity contribution in [2.75, 3.05) is 72.4 Å². The second-order valence-corrected chi connectivity index (χ2v) is 8.02. The summed E-state index contributed by atoms with van der Waals surface area (Å²) in [6, 6.07) is 6.86. The first-order valence-corrected chi connectivity index (χ1v) is 11.5. The number of ether oxygens (including phenoxy) is 3. The standard InChI is InChI=1S/C23H37FN4O3.HI/c1-2-25-23(26-8-4-11-30-17-19-7-12-31-18-19)27-16-22(28-9-13-29-14-10-28)20-5-3-6-21(24)15-20;/h3,5-6,15,19,22H,2,4,7-14,16-18H2,1H3,(H2,25,26,27);1H. The second-order valence-electron chi connectivity index (χ2n) is 8.02. The van der Waals surface area contributed by atoms with Gasteiger partial charge in [0, 0.05) is 45.3 Å². The lowest BCUT2D eigenvalue weighted by Crippen LogP contribution is -2.42. The number of nitrogens with zero attached hydrogens (tertiary/aromatic N) is 2. The van der Waals surface area contributed by atoms with Gasteiger partial charge < -0.3 is 24.8 Å². The van der Waals surface area contributed by atoms with Crippen molar-refractivity contribution >= 4 is 29.9 Å². The van der Waals surface area contributed by atoms with Crippen LogP contribution in [0.5, 0.6) is 0 Å². The maximum Gasteiger partial charge on any atom is 0.191 e. The van der Waals surface area contributed by atoms with Gasteiger partial charge in [-0.1, -0.05) is 12.1 Å². The average Bonchev–Trinajstić information content (AvgIpc) is 3.30.